The predicted octanol–water partition coefficient (Wildman–Crippen LogP) is 7.02. The van der Waals surface area contributed by atoms with Crippen LogP contribution in [0.1, 0.15) is 54.1 Å². The summed E-state index contributed by atoms with van der Waals surface area (Å²) in [7, 11) is 0. The predicted molar refractivity (Wildman–Crippen MR) is 190 cm³/mol. The van der Waals surface area contributed by atoms with E-state index in [4.69, 9.17) is 32.9 Å². The van der Waals surface area contributed by atoms with Crippen molar-refractivity contribution in [1.29, 1.82) is 0 Å². The van der Waals surface area contributed by atoms with Crippen molar-refractivity contribution in [3.05, 3.63) is 99.0 Å². The molecule has 2 atom stereocenters. The molecule has 0 saturated carbocycles. The zero-order chi connectivity index (χ0) is 37.2. The number of piperazine rings is 1. The molecule has 3 amide bonds. The van der Waals surface area contributed by atoms with Crippen molar-refractivity contribution in [3.63, 3.8) is 0 Å². The minimum atomic E-state index is -4.62. The standard InChI is InChI=1S/C37H38Cl2F3N5O5/c1-2-52-30-21-26(37(40,41)42)7-12-29(30)34-43-32(23-3-8-27(38)9-4-23)33(24-5-10-28(39)11-6-24)47(34)36(51)46-19-17-45(18-20-46)31(48)22-44-15-13-25(14-16-44)35(49)50/h3-12,21,25,32-33H,2,13-20,22H2,1H3,(H,49,50). The van der Waals surface area contributed by atoms with Crippen molar-refractivity contribution in [1.82, 2.24) is 19.6 Å². The average Bonchev–Trinajstić information content (AvgIpc) is 3.52. The molecule has 10 nitrogen and oxygen atoms in total. The van der Waals surface area contributed by atoms with E-state index in [9.17, 15) is 32.7 Å². The second-order valence-electron chi connectivity index (χ2n) is 13.0. The van der Waals surface area contributed by atoms with Gasteiger partial charge in [-0.2, -0.15) is 13.2 Å². The summed E-state index contributed by atoms with van der Waals surface area (Å²) < 4.78 is 47.2. The van der Waals surface area contributed by atoms with E-state index in [0.717, 1.165) is 17.7 Å². The number of carboxylic acid groups (broad SMARTS) is 1. The number of carboxylic acids is 1. The highest BCUT2D eigenvalue weighted by molar-refractivity contribution is 6.30. The summed E-state index contributed by atoms with van der Waals surface area (Å²) in [6, 6.07) is 15.3. The molecule has 3 aromatic carbocycles. The Balaban J connectivity index is 1.32. The number of nitrogens with zero attached hydrogens (tertiary/aromatic N) is 5. The number of hydrogen-bond acceptors (Lipinski definition) is 6. The van der Waals surface area contributed by atoms with Crippen LogP contribution in [0.25, 0.3) is 0 Å². The second-order valence-corrected chi connectivity index (χ2v) is 13.9. The van der Waals surface area contributed by atoms with Crippen LogP contribution in [0.3, 0.4) is 0 Å². The number of urea groups is 1. The normalized spacial score (nSPS) is 20.2. The van der Waals surface area contributed by atoms with Crippen LogP contribution in [-0.2, 0) is 15.8 Å². The van der Waals surface area contributed by atoms with Crippen LogP contribution in [0.15, 0.2) is 71.7 Å². The van der Waals surface area contributed by atoms with Gasteiger partial charge in [-0.3, -0.25) is 24.4 Å². The first-order chi connectivity index (χ1) is 24.8. The first kappa shape index (κ1) is 37.4. The lowest BCUT2D eigenvalue weighted by atomic mass is 9.93. The Hall–Kier alpha value is -4.33. The van der Waals surface area contributed by atoms with Crippen molar-refractivity contribution in [3.8, 4) is 5.75 Å². The van der Waals surface area contributed by atoms with Crippen molar-refractivity contribution in [2.24, 2.45) is 10.9 Å². The molecular formula is C37H38Cl2F3N5O5. The van der Waals surface area contributed by atoms with Gasteiger partial charge in [-0.15, -0.1) is 0 Å². The van der Waals surface area contributed by atoms with Crippen molar-refractivity contribution in [2.45, 2.75) is 38.0 Å². The molecule has 0 bridgehead atoms. The van der Waals surface area contributed by atoms with Crippen LogP contribution < -0.4 is 4.74 Å². The van der Waals surface area contributed by atoms with Crippen LogP contribution in [0.4, 0.5) is 18.0 Å². The summed E-state index contributed by atoms with van der Waals surface area (Å²) in [4.78, 5) is 51.2. The number of aliphatic carboxylic acids is 1. The Kier molecular flexibility index (Phi) is 11.3. The number of hydrogen-bond donors (Lipinski definition) is 1. The molecule has 0 spiro atoms. The Morgan fingerprint density at radius 1 is 0.846 bits per heavy atom. The molecule has 3 aliphatic rings. The highest BCUT2D eigenvalue weighted by atomic mass is 35.5. The molecule has 2 unspecified atom stereocenters. The number of rotatable bonds is 8. The van der Waals surface area contributed by atoms with Crippen molar-refractivity contribution in [2.75, 3.05) is 52.4 Å². The van der Waals surface area contributed by atoms with Crippen LogP contribution in [-0.4, -0.2) is 101 Å². The van der Waals surface area contributed by atoms with Crippen molar-refractivity contribution < 1.29 is 37.4 Å². The highest BCUT2D eigenvalue weighted by Crippen LogP contribution is 2.46. The molecule has 276 valence electrons. The number of ether oxygens (including phenoxy) is 1. The lowest BCUT2D eigenvalue weighted by Gasteiger charge is -2.40. The van der Waals surface area contributed by atoms with Crippen LogP contribution in [0.5, 0.6) is 5.75 Å². The molecule has 15 heteroatoms. The molecule has 0 aromatic heterocycles. The summed E-state index contributed by atoms with van der Waals surface area (Å²) in [6.45, 7) is 3.90. The van der Waals surface area contributed by atoms with Gasteiger partial charge in [0, 0.05) is 36.2 Å². The molecule has 3 aliphatic heterocycles. The number of aliphatic imine (C=N–C) groups is 1. The van der Waals surface area contributed by atoms with E-state index in [1.54, 1.807) is 65.3 Å². The number of alkyl halides is 3. The van der Waals surface area contributed by atoms with Crippen LogP contribution in [0.2, 0.25) is 10.0 Å². The maximum atomic E-state index is 14.8. The molecule has 3 heterocycles. The lowest BCUT2D eigenvalue weighted by molar-refractivity contribution is -0.143. The van der Waals surface area contributed by atoms with E-state index in [1.807, 2.05) is 4.90 Å². The summed E-state index contributed by atoms with van der Waals surface area (Å²) in [5.74, 6) is -1.24. The number of carbonyl (C=O) groups excluding carboxylic acids is 2. The third-order valence-electron chi connectivity index (χ3n) is 9.74. The van der Waals surface area contributed by atoms with Gasteiger partial charge in [0.05, 0.1) is 36.2 Å². The summed E-state index contributed by atoms with van der Waals surface area (Å²) >= 11 is 12.5. The van der Waals surface area contributed by atoms with E-state index >= 15 is 0 Å². The number of piperidine rings is 1. The number of carbonyl (C=O) groups is 3. The number of amidine groups is 1. The van der Waals surface area contributed by atoms with Gasteiger partial charge >= 0.3 is 18.2 Å². The SMILES string of the molecule is CCOc1cc(C(F)(F)F)ccc1C1=NC(c2ccc(Cl)cc2)C(c2ccc(Cl)cc2)N1C(=O)N1CCN(C(=O)CN2CCC(C(=O)O)CC2)CC1. The monoisotopic (exact) mass is 759 g/mol. The van der Waals surface area contributed by atoms with Gasteiger partial charge in [0.15, 0.2) is 0 Å². The van der Waals surface area contributed by atoms with E-state index in [2.05, 4.69) is 0 Å². The minimum Gasteiger partial charge on any atom is -0.493 e. The Bertz CT molecular complexity index is 1810. The first-order valence-electron chi connectivity index (χ1n) is 17.1. The summed E-state index contributed by atoms with van der Waals surface area (Å²) in [5, 5.41) is 10.3. The van der Waals surface area contributed by atoms with Gasteiger partial charge in [-0.05, 0) is 86.4 Å². The first-order valence-corrected chi connectivity index (χ1v) is 17.8. The quantitative estimate of drug-likeness (QED) is 0.265. The molecule has 0 aliphatic carbocycles. The fourth-order valence-corrected chi connectivity index (χ4v) is 7.19. The molecular weight excluding hydrogens is 722 g/mol. The largest absolute Gasteiger partial charge is 0.493 e. The number of halogens is 5. The van der Waals surface area contributed by atoms with Crippen LogP contribution >= 0.6 is 23.2 Å². The fourth-order valence-electron chi connectivity index (χ4n) is 6.94. The summed E-state index contributed by atoms with van der Waals surface area (Å²) in [6.07, 6.45) is -3.65. The maximum absolute atomic E-state index is 14.8. The van der Waals surface area contributed by atoms with Crippen molar-refractivity contribution >= 4 is 46.9 Å². The smallest absolute Gasteiger partial charge is 0.416 e. The number of amides is 3. The molecule has 2 fully saturated rings. The van der Waals surface area contributed by atoms with E-state index < -0.39 is 41.7 Å². The van der Waals surface area contributed by atoms with Gasteiger partial charge in [-0.25, -0.2) is 4.79 Å². The topological polar surface area (TPSA) is 106 Å². The summed E-state index contributed by atoms with van der Waals surface area (Å²) in [5.41, 5.74) is 0.748. The Morgan fingerprint density at radius 2 is 1.42 bits per heavy atom. The molecule has 2 saturated heterocycles. The minimum absolute atomic E-state index is 0.0664. The third kappa shape index (κ3) is 8.16. The molecule has 0 radical (unpaired) electrons. The van der Waals surface area contributed by atoms with E-state index in [0.29, 0.717) is 41.5 Å². The van der Waals surface area contributed by atoms with Gasteiger partial charge in [-0.1, -0.05) is 47.5 Å². The maximum Gasteiger partial charge on any atom is 0.416 e. The number of benzene rings is 3. The Labute approximate surface area is 309 Å². The Morgan fingerprint density at radius 3 is 1.98 bits per heavy atom. The zero-order valence-corrected chi connectivity index (χ0v) is 29.9. The van der Waals surface area contributed by atoms with Gasteiger partial charge in [0.1, 0.15) is 17.6 Å². The van der Waals surface area contributed by atoms with Crippen LogP contribution in [0, 0.1) is 5.92 Å². The lowest BCUT2D eigenvalue weighted by Crippen LogP contribution is -2.56. The second kappa shape index (κ2) is 15.7. The number of likely N-dealkylation sites (tertiary alicyclic amines) is 1. The van der Waals surface area contributed by atoms with E-state index in [-0.39, 0.29) is 62.4 Å². The van der Waals surface area contributed by atoms with E-state index in [1.165, 1.54) is 11.0 Å². The van der Waals surface area contributed by atoms with Gasteiger partial charge in [0.25, 0.3) is 0 Å². The molecule has 6 rings (SSSR count). The average molecular weight is 761 g/mol. The fraction of sp³-hybridized carbons (Fsp3) is 0.405. The molecule has 3 aromatic rings. The third-order valence-corrected chi connectivity index (χ3v) is 10.2. The highest BCUT2D eigenvalue weighted by Gasteiger charge is 2.45. The zero-order valence-electron chi connectivity index (χ0n) is 28.4. The van der Waals surface area contributed by atoms with Gasteiger partial charge in [0.2, 0.25) is 5.91 Å². The van der Waals surface area contributed by atoms with Gasteiger partial charge < -0.3 is 19.6 Å². The molecule has 1 N–H and O–H groups in total. The molecule has 52 heavy (non-hydrogen) atoms.